The molecule has 116 valence electrons. The molecule has 1 N–H and O–H groups in total. The minimum absolute atomic E-state index is 0.0531. The van der Waals surface area contributed by atoms with Gasteiger partial charge >= 0.3 is 12.1 Å². The zero-order chi connectivity index (χ0) is 16.0. The van der Waals surface area contributed by atoms with E-state index in [1.165, 1.54) is 0 Å². The predicted octanol–water partition coefficient (Wildman–Crippen LogP) is 3.20. The lowest BCUT2D eigenvalue weighted by molar-refractivity contribution is -0.152. The number of carboxylic acid groups (broad SMARTS) is 1. The van der Waals surface area contributed by atoms with E-state index >= 15 is 0 Å². The van der Waals surface area contributed by atoms with Crippen LogP contribution in [0.3, 0.4) is 0 Å². The van der Waals surface area contributed by atoms with Crippen LogP contribution < -0.4 is 0 Å². The smallest absolute Gasteiger partial charge is 0.389 e. The third-order valence-electron chi connectivity index (χ3n) is 2.56. The molecule has 0 aliphatic rings. The Balaban J connectivity index is 2.75. The lowest BCUT2D eigenvalue weighted by Crippen LogP contribution is -2.35. The number of nitrogens with zero attached hydrogens (tertiary/aromatic N) is 1. The van der Waals surface area contributed by atoms with Crippen LogP contribution in [0.5, 0.6) is 0 Å². The molecule has 0 atom stereocenters. The summed E-state index contributed by atoms with van der Waals surface area (Å²) in [6, 6.07) is 6.78. The molecule has 4 nitrogen and oxygen atoms in total. The Morgan fingerprint density at radius 1 is 1.29 bits per heavy atom. The molecule has 0 unspecified atom stereocenters. The minimum atomic E-state index is -4.44. The van der Waals surface area contributed by atoms with E-state index in [4.69, 9.17) is 5.11 Å². The van der Waals surface area contributed by atoms with Gasteiger partial charge in [-0.15, -0.1) is 0 Å². The summed E-state index contributed by atoms with van der Waals surface area (Å²) in [5.41, 5.74) is 0.631. The summed E-state index contributed by atoms with van der Waals surface area (Å²) in [5.74, 6) is -2.11. The van der Waals surface area contributed by atoms with Crippen molar-refractivity contribution in [2.75, 3.05) is 6.54 Å². The van der Waals surface area contributed by atoms with Crippen molar-refractivity contribution in [2.24, 2.45) is 0 Å². The highest BCUT2D eigenvalue weighted by molar-refractivity contribution is 9.10. The number of alkyl halides is 3. The zero-order valence-corrected chi connectivity index (χ0v) is 12.4. The molecule has 0 saturated heterocycles. The summed E-state index contributed by atoms with van der Waals surface area (Å²) in [6.45, 7) is -0.689. The fourth-order valence-corrected chi connectivity index (χ4v) is 2.10. The van der Waals surface area contributed by atoms with Crippen molar-refractivity contribution in [3.05, 3.63) is 34.3 Å². The molecule has 21 heavy (non-hydrogen) atoms. The summed E-state index contributed by atoms with van der Waals surface area (Å²) < 4.78 is 37.1. The first-order valence-corrected chi connectivity index (χ1v) is 6.77. The number of carbonyl (C=O) groups excluding carboxylic acids is 1. The molecule has 0 heterocycles. The average Bonchev–Trinajstić information content (AvgIpc) is 2.33. The monoisotopic (exact) mass is 367 g/mol. The highest BCUT2D eigenvalue weighted by Crippen LogP contribution is 2.22. The fraction of sp³-hybridized carbons (Fsp3) is 0.385. The van der Waals surface area contributed by atoms with Gasteiger partial charge in [-0.3, -0.25) is 9.59 Å². The second-order valence-electron chi connectivity index (χ2n) is 4.39. The number of rotatable bonds is 6. The molecule has 1 rings (SSSR count). The lowest BCUT2D eigenvalue weighted by atomic mass is 10.2. The van der Waals surface area contributed by atoms with Gasteiger partial charge in [0, 0.05) is 17.4 Å². The highest BCUT2D eigenvalue weighted by atomic mass is 79.9. The van der Waals surface area contributed by atoms with Gasteiger partial charge in [-0.2, -0.15) is 13.2 Å². The van der Waals surface area contributed by atoms with Crippen molar-refractivity contribution < 1.29 is 27.9 Å². The van der Waals surface area contributed by atoms with Crippen LogP contribution in [0.4, 0.5) is 13.2 Å². The molecular formula is C13H13BrF3NO3. The Morgan fingerprint density at radius 2 is 1.95 bits per heavy atom. The molecule has 1 aromatic carbocycles. The SMILES string of the molecule is O=C(O)CN(Cc1cccc(Br)c1)C(=O)CCC(F)(F)F. The summed E-state index contributed by atoms with van der Waals surface area (Å²) in [6.07, 6.45) is -6.47. The third-order valence-corrected chi connectivity index (χ3v) is 3.06. The zero-order valence-electron chi connectivity index (χ0n) is 10.9. The van der Waals surface area contributed by atoms with Crippen molar-refractivity contribution >= 4 is 27.8 Å². The Morgan fingerprint density at radius 3 is 2.48 bits per heavy atom. The molecule has 0 aromatic heterocycles. The molecule has 1 aromatic rings. The molecule has 8 heteroatoms. The standard InChI is InChI=1S/C13H13BrF3NO3/c14-10-3-1-2-9(6-10)7-18(8-12(20)21)11(19)4-5-13(15,16)17/h1-3,6H,4-5,7-8H2,(H,20,21). The summed E-state index contributed by atoms with van der Waals surface area (Å²) >= 11 is 3.23. The van der Waals surface area contributed by atoms with Gasteiger partial charge in [-0.25, -0.2) is 0 Å². The van der Waals surface area contributed by atoms with Crippen molar-refractivity contribution in [3.63, 3.8) is 0 Å². The first-order valence-electron chi connectivity index (χ1n) is 5.98. The minimum Gasteiger partial charge on any atom is -0.480 e. The van der Waals surface area contributed by atoms with Crippen LogP contribution in [0.1, 0.15) is 18.4 Å². The van der Waals surface area contributed by atoms with Crippen LogP contribution in [0.2, 0.25) is 0 Å². The molecule has 1 amide bonds. The first-order chi connectivity index (χ1) is 9.67. The van der Waals surface area contributed by atoms with E-state index in [0.717, 1.165) is 9.37 Å². The topological polar surface area (TPSA) is 57.6 Å². The van der Waals surface area contributed by atoms with E-state index in [1.807, 2.05) is 0 Å². The van der Waals surface area contributed by atoms with E-state index in [0.29, 0.717) is 5.56 Å². The van der Waals surface area contributed by atoms with Gasteiger partial charge in [0.05, 0.1) is 6.42 Å². The van der Waals surface area contributed by atoms with Gasteiger partial charge in [-0.1, -0.05) is 28.1 Å². The molecule has 0 aliphatic carbocycles. The normalized spacial score (nSPS) is 11.2. The number of amides is 1. The first kappa shape index (κ1) is 17.5. The molecular weight excluding hydrogens is 355 g/mol. The maximum absolute atomic E-state index is 12.1. The van der Waals surface area contributed by atoms with Crippen LogP contribution in [-0.4, -0.2) is 34.6 Å². The second-order valence-corrected chi connectivity index (χ2v) is 5.30. The van der Waals surface area contributed by atoms with Crippen LogP contribution in [0, 0.1) is 0 Å². The Bertz CT molecular complexity index is 520. The van der Waals surface area contributed by atoms with E-state index in [1.54, 1.807) is 24.3 Å². The van der Waals surface area contributed by atoms with E-state index in [-0.39, 0.29) is 6.54 Å². The van der Waals surface area contributed by atoms with Crippen LogP contribution in [-0.2, 0) is 16.1 Å². The van der Waals surface area contributed by atoms with Crippen LogP contribution in [0.15, 0.2) is 28.7 Å². The quantitative estimate of drug-likeness (QED) is 0.839. The highest BCUT2D eigenvalue weighted by Gasteiger charge is 2.29. The number of benzene rings is 1. The molecule has 0 fully saturated rings. The van der Waals surface area contributed by atoms with Crippen molar-refractivity contribution in [3.8, 4) is 0 Å². The average molecular weight is 368 g/mol. The summed E-state index contributed by atoms with van der Waals surface area (Å²) in [7, 11) is 0. The van der Waals surface area contributed by atoms with Gasteiger partial charge in [0.15, 0.2) is 0 Å². The van der Waals surface area contributed by atoms with E-state index in [9.17, 15) is 22.8 Å². The number of carboxylic acids is 1. The fourth-order valence-electron chi connectivity index (χ4n) is 1.66. The molecule has 0 aliphatic heterocycles. The largest absolute Gasteiger partial charge is 0.480 e. The van der Waals surface area contributed by atoms with Gasteiger partial charge < -0.3 is 10.0 Å². The van der Waals surface area contributed by atoms with E-state index in [2.05, 4.69) is 15.9 Å². The number of hydrogen-bond donors (Lipinski definition) is 1. The third kappa shape index (κ3) is 7.12. The number of halogens is 4. The molecule has 0 radical (unpaired) electrons. The maximum Gasteiger partial charge on any atom is 0.389 e. The Labute approximate surface area is 127 Å². The van der Waals surface area contributed by atoms with Crippen molar-refractivity contribution in [1.29, 1.82) is 0 Å². The van der Waals surface area contributed by atoms with Gasteiger partial charge in [0.2, 0.25) is 5.91 Å². The van der Waals surface area contributed by atoms with Crippen molar-refractivity contribution in [1.82, 2.24) is 4.90 Å². The van der Waals surface area contributed by atoms with Crippen LogP contribution in [0.25, 0.3) is 0 Å². The Kier molecular flexibility index (Phi) is 6.19. The lowest BCUT2D eigenvalue weighted by Gasteiger charge is -2.21. The molecule has 0 bridgehead atoms. The number of aliphatic carboxylic acids is 1. The van der Waals surface area contributed by atoms with E-state index < -0.39 is 37.4 Å². The second kappa shape index (κ2) is 7.44. The van der Waals surface area contributed by atoms with Crippen molar-refractivity contribution in [2.45, 2.75) is 25.6 Å². The predicted molar refractivity (Wildman–Crippen MR) is 72.5 cm³/mol. The molecule has 0 saturated carbocycles. The van der Waals surface area contributed by atoms with Gasteiger partial charge in [-0.05, 0) is 17.7 Å². The summed E-state index contributed by atoms with van der Waals surface area (Å²) in [5, 5.41) is 8.77. The summed E-state index contributed by atoms with van der Waals surface area (Å²) in [4.78, 5) is 23.4. The Hall–Kier alpha value is -1.57. The van der Waals surface area contributed by atoms with Gasteiger partial charge in [0.1, 0.15) is 6.54 Å². The number of hydrogen-bond acceptors (Lipinski definition) is 2. The molecule has 0 spiro atoms. The number of carbonyl (C=O) groups is 2. The van der Waals surface area contributed by atoms with Crippen LogP contribution >= 0.6 is 15.9 Å². The maximum atomic E-state index is 12.1. The van der Waals surface area contributed by atoms with Gasteiger partial charge in [0.25, 0.3) is 0 Å².